The summed E-state index contributed by atoms with van der Waals surface area (Å²) in [5.41, 5.74) is 0.266. The van der Waals surface area contributed by atoms with Gasteiger partial charge in [-0.1, -0.05) is 0 Å². The van der Waals surface area contributed by atoms with Gasteiger partial charge in [0.25, 0.3) is 12.0 Å². The van der Waals surface area contributed by atoms with Crippen LogP contribution in [0.1, 0.15) is 12.0 Å². The lowest BCUT2D eigenvalue weighted by atomic mass is 10.1. The first-order chi connectivity index (χ1) is 13.0. The Hall–Kier alpha value is -3.20. The van der Waals surface area contributed by atoms with Gasteiger partial charge in [-0.3, -0.25) is 4.79 Å². The second-order valence-electron chi connectivity index (χ2n) is 5.97. The second-order valence-corrected chi connectivity index (χ2v) is 6.97. The fraction of sp³-hybridized carbons (Fsp3) is 0.111. The third kappa shape index (κ3) is 2.42. The molecular formula is C18H10F2N2O4S. The fourth-order valence-corrected chi connectivity index (χ4v) is 4.23. The van der Waals surface area contributed by atoms with Gasteiger partial charge in [-0.2, -0.15) is 0 Å². The normalized spacial score (nSPS) is 13.1. The maximum atomic E-state index is 13.8. The number of aromatic amines is 1. The van der Waals surface area contributed by atoms with E-state index in [9.17, 15) is 18.7 Å². The summed E-state index contributed by atoms with van der Waals surface area (Å²) in [6.07, 6.45) is -2.79. The Labute approximate surface area is 153 Å². The van der Waals surface area contributed by atoms with Crippen molar-refractivity contribution in [3.05, 3.63) is 46.2 Å². The number of ether oxygens (including phenoxy) is 2. The molecule has 4 heterocycles. The van der Waals surface area contributed by atoms with Gasteiger partial charge < -0.3 is 19.6 Å². The summed E-state index contributed by atoms with van der Waals surface area (Å²) < 4.78 is 38.5. The molecule has 136 valence electrons. The van der Waals surface area contributed by atoms with Gasteiger partial charge in [0.05, 0.1) is 15.9 Å². The number of halogens is 2. The Morgan fingerprint density at radius 2 is 2.00 bits per heavy atom. The zero-order valence-electron chi connectivity index (χ0n) is 13.5. The smallest absolute Gasteiger partial charge is 0.264 e. The third-order valence-electron chi connectivity index (χ3n) is 4.34. The number of hydrogen-bond donors (Lipinski definition) is 2. The van der Waals surface area contributed by atoms with E-state index in [0.29, 0.717) is 32.3 Å². The number of alkyl halides is 2. The molecule has 9 heteroatoms. The molecule has 0 fully saturated rings. The zero-order chi connectivity index (χ0) is 18.7. The molecule has 1 aromatic carbocycles. The summed E-state index contributed by atoms with van der Waals surface area (Å²) in [6.45, 7) is 0.108. The van der Waals surface area contributed by atoms with E-state index >= 15 is 0 Å². The predicted molar refractivity (Wildman–Crippen MR) is 95.9 cm³/mol. The van der Waals surface area contributed by atoms with E-state index in [1.54, 1.807) is 18.2 Å². The monoisotopic (exact) mass is 388 g/mol. The van der Waals surface area contributed by atoms with Crippen LogP contribution in [-0.4, -0.2) is 21.9 Å². The van der Waals surface area contributed by atoms with Gasteiger partial charge >= 0.3 is 0 Å². The highest BCUT2D eigenvalue weighted by molar-refractivity contribution is 7.25. The first-order valence-electron chi connectivity index (χ1n) is 7.89. The minimum atomic E-state index is -2.79. The molecule has 1 aliphatic rings. The van der Waals surface area contributed by atoms with Crippen molar-refractivity contribution in [2.45, 2.75) is 6.43 Å². The van der Waals surface area contributed by atoms with E-state index in [4.69, 9.17) is 9.47 Å². The van der Waals surface area contributed by atoms with Crippen LogP contribution in [0.3, 0.4) is 0 Å². The molecule has 0 saturated heterocycles. The maximum absolute atomic E-state index is 13.8. The van der Waals surface area contributed by atoms with Crippen molar-refractivity contribution in [1.29, 1.82) is 0 Å². The summed E-state index contributed by atoms with van der Waals surface area (Å²) in [5.74, 6) is 0.839. The SMILES string of the molecule is O=c1cc(O)c2sc3nc(-c4ccc5c(c4)OCO5)cc(C(F)F)c3c2[nH]1. The zero-order valence-corrected chi connectivity index (χ0v) is 14.3. The summed E-state index contributed by atoms with van der Waals surface area (Å²) in [6, 6.07) is 7.39. The lowest BCUT2D eigenvalue weighted by Gasteiger charge is -2.08. The van der Waals surface area contributed by atoms with Crippen LogP contribution >= 0.6 is 11.3 Å². The second kappa shape index (κ2) is 5.65. The van der Waals surface area contributed by atoms with Gasteiger partial charge in [0.15, 0.2) is 11.5 Å². The van der Waals surface area contributed by atoms with Crippen molar-refractivity contribution >= 4 is 31.8 Å². The Kier molecular flexibility index (Phi) is 3.35. The Bertz CT molecular complexity index is 1280. The van der Waals surface area contributed by atoms with E-state index < -0.39 is 12.0 Å². The number of aromatic hydroxyl groups is 1. The quantitative estimate of drug-likeness (QED) is 0.538. The summed E-state index contributed by atoms with van der Waals surface area (Å²) in [5, 5.41) is 10.2. The molecule has 6 nitrogen and oxygen atoms in total. The first kappa shape index (κ1) is 16.0. The van der Waals surface area contributed by atoms with Crippen LogP contribution in [0.25, 0.3) is 31.7 Å². The van der Waals surface area contributed by atoms with E-state index in [1.165, 1.54) is 6.07 Å². The summed E-state index contributed by atoms with van der Waals surface area (Å²) >= 11 is 1.04. The van der Waals surface area contributed by atoms with Gasteiger partial charge in [-0.15, -0.1) is 11.3 Å². The highest BCUT2D eigenvalue weighted by atomic mass is 32.1. The minimum absolute atomic E-state index is 0.108. The topological polar surface area (TPSA) is 84.4 Å². The van der Waals surface area contributed by atoms with E-state index in [2.05, 4.69) is 9.97 Å². The average molecular weight is 388 g/mol. The van der Waals surface area contributed by atoms with Crippen molar-refractivity contribution in [2.75, 3.05) is 6.79 Å². The molecule has 0 saturated carbocycles. The van der Waals surface area contributed by atoms with Crippen molar-refractivity contribution in [3.8, 4) is 28.5 Å². The molecule has 0 radical (unpaired) electrons. The number of pyridine rings is 2. The lowest BCUT2D eigenvalue weighted by molar-refractivity contribution is 0.153. The van der Waals surface area contributed by atoms with Gasteiger partial charge in [0, 0.05) is 22.6 Å². The molecule has 0 bridgehead atoms. The van der Waals surface area contributed by atoms with Crippen LogP contribution in [0.2, 0.25) is 0 Å². The van der Waals surface area contributed by atoms with Crippen LogP contribution in [0.4, 0.5) is 8.78 Å². The molecule has 0 unspecified atom stereocenters. The molecule has 4 aromatic rings. The predicted octanol–water partition coefficient (Wildman–Crippen LogP) is 4.18. The number of hydrogen-bond acceptors (Lipinski definition) is 6. The summed E-state index contributed by atoms with van der Waals surface area (Å²) in [4.78, 5) is 19.0. The minimum Gasteiger partial charge on any atom is -0.506 e. The third-order valence-corrected chi connectivity index (χ3v) is 5.45. The van der Waals surface area contributed by atoms with Crippen LogP contribution < -0.4 is 15.0 Å². The Balaban J connectivity index is 1.82. The highest BCUT2D eigenvalue weighted by Gasteiger charge is 2.22. The van der Waals surface area contributed by atoms with Crippen molar-refractivity contribution in [1.82, 2.24) is 9.97 Å². The summed E-state index contributed by atoms with van der Waals surface area (Å²) in [7, 11) is 0. The van der Waals surface area contributed by atoms with E-state index in [-0.39, 0.29) is 29.0 Å². The molecule has 5 rings (SSSR count). The van der Waals surface area contributed by atoms with Gasteiger partial charge in [0.1, 0.15) is 10.6 Å². The van der Waals surface area contributed by atoms with Gasteiger partial charge in [-0.05, 0) is 24.3 Å². The van der Waals surface area contributed by atoms with Gasteiger partial charge in [0.2, 0.25) is 6.79 Å². The van der Waals surface area contributed by atoms with Crippen molar-refractivity contribution in [2.24, 2.45) is 0 Å². The van der Waals surface area contributed by atoms with Crippen LogP contribution in [0.5, 0.6) is 17.2 Å². The Morgan fingerprint density at radius 3 is 2.81 bits per heavy atom. The molecule has 0 amide bonds. The molecule has 2 N–H and O–H groups in total. The Morgan fingerprint density at radius 1 is 1.19 bits per heavy atom. The molecule has 27 heavy (non-hydrogen) atoms. The number of H-pyrrole nitrogens is 1. The molecule has 0 aliphatic carbocycles. The largest absolute Gasteiger partial charge is 0.506 e. The van der Waals surface area contributed by atoms with Crippen molar-refractivity contribution < 1.29 is 23.4 Å². The number of nitrogens with zero attached hydrogens (tertiary/aromatic N) is 1. The lowest BCUT2D eigenvalue weighted by Crippen LogP contribution is -2.02. The van der Waals surface area contributed by atoms with Gasteiger partial charge in [-0.25, -0.2) is 13.8 Å². The number of rotatable bonds is 2. The van der Waals surface area contributed by atoms with Crippen LogP contribution in [-0.2, 0) is 0 Å². The molecule has 1 aliphatic heterocycles. The molecule has 0 atom stereocenters. The molecule has 0 spiro atoms. The van der Waals surface area contributed by atoms with Crippen LogP contribution in [0.15, 0.2) is 35.1 Å². The van der Waals surface area contributed by atoms with E-state index in [0.717, 1.165) is 17.4 Å². The van der Waals surface area contributed by atoms with E-state index in [1.807, 2.05) is 0 Å². The molecule has 3 aromatic heterocycles. The molecular weight excluding hydrogens is 378 g/mol. The standard InChI is InChI=1S/C18H10F2N2O4S/c19-17(20)8-4-9(7-1-2-11-12(3-7)26-6-25-11)21-18-14(8)15-16(27-18)10(23)5-13(24)22-15/h1-5,17H,6H2,(H2,22,23,24). The highest BCUT2D eigenvalue weighted by Crippen LogP contribution is 2.42. The number of fused-ring (bicyclic) bond motifs is 4. The average Bonchev–Trinajstić information content (AvgIpc) is 3.24. The number of nitrogens with one attached hydrogen (secondary N) is 1. The maximum Gasteiger partial charge on any atom is 0.264 e. The first-order valence-corrected chi connectivity index (χ1v) is 8.70. The number of thiophene rings is 1. The fourth-order valence-electron chi connectivity index (χ4n) is 3.15. The number of aromatic nitrogens is 2. The van der Waals surface area contributed by atoms with Crippen LogP contribution in [0, 0.1) is 0 Å². The van der Waals surface area contributed by atoms with Crippen molar-refractivity contribution in [3.63, 3.8) is 0 Å². The number of benzene rings is 1.